The third-order valence-corrected chi connectivity index (χ3v) is 2.32. The van der Waals surface area contributed by atoms with Crippen molar-refractivity contribution in [1.82, 2.24) is 14.6 Å². The zero-order valence-electron chi connectivity index (χ0n) is 9.37. The standard InChI is InChI=1S/C10H10F4N4/c1-6-4-7-8(15-2-3-18(7)17-6)16-5-10(13,14)9(11)12/h2-4,9H,5H2,1H3,(H,15,16). The van der Waals surface area contributed by atoms with Gasteiger partial charge in [0.05, 0.1) is 12.2 Å². The molecule has 0 radical (unpaired) electrons. The van der Waals surface area contributed by atoms with Crippen LogP contribution < -0.4 is 5.32 Å². The average Bonchev–Trinajstić information content (AvgIpc) is 2.66. The van der Waals surface area contributed by atoms with Crippen molar-refractivity contribution in [3.63, 3.8) is 0 Å². The van der Waals surface area contributed by atoms with Crippen LogP contribution in [-0.2, 0) is 0 Å². The molecule has 0 aliphatic heterocycles. The predicted molar refractivity (Wildman–Crippen MR) is 57.2 cm³/mol. The number of hydrogen-bond acceptors (Lipinski definition) is 3. The van der Waals surface area contributed by atoms with Gasteiger partial charge in [0, 0.05) is 12.4 Å². The van der Waals surface area contributed by atoms with Gasteiger partial charge in [0.25, 0.3) is 0 Å². The number of rotatable bonds is 4. The number of hydrogen-bond donors (Lipinski definition) is 1. The van der Waals surface area contributed by atoms with Gasteiger partial charge >= 0.3 is 12.3 Å². The molecule has 0 saturated heterocycles. The Bertz CT molecular complexity index is 552. The smallest absolute Gasteiger partial charge is 0.324 e. The molecule has 0 aliphatic carbocycles. The summed E-state index contributed by atoms with van der Waals surface area (Å²) in [5.41, 5.74) is 1.13. The number of nitrogens with zero attached hydrogens (tertiary/aromatic N) is 3. The number of anilines is 1. The molecule has 2 aromatic rings. The van der Waals surface area contributed by atoms with Crippen molar-refractivity contribution in [3.8, 4) is 0 Å². The average molecular weight is 262 g/mol. The highest BCUT2D eigenvalue weighted by Crippen LogP contribution is 2.24. The summed E-state index contributed by atoms with van der Waals surface area (Å²) in [6, 6.07) is 1.62. The first-order valence-corrected chi connectivity index (χ1v) is 5.11. The van der Waals surface area contributed by atoms with Crippen molar-refractivity contribution in [2.45, 2.75) is 19.3 Å². The Morgan fingerprint density at radius 2 is 2.17 bits per heavy atom. The second kappa shape index (κ2) is 4.43. The first-order valence-electron chi connectivity index (χ1n) is 5.11. The van der Waals surface area contributed by atoms with E-state index in [1.54, 1.807) is 19.2 Å². The largest absolute Gasteiger partial charge is 0.362 e. The van der Waals surface area contributed by atoms with Gasteiger partial charge in [-0.1, -0.05) is 0 Å². The molecule has 98 valence electrons. The van der Waals surface area contributed by atoms with Crippen LogP contribution in [0.3, 0.4) is 0 Å². The molecule has 0 bridgehead atoms. The molecule has 0 saturated carbocycles. The van der Waals surface area contributed by atoms with Gasteiger partial charge in [-0.25, -0.2) is 18.3 Å². The van der Waals surface area contributed by atoms with Crippen LogP contribution in [0.4, 0.5) is 23.4 Å². The van der Waals surface area contributed by atoms with Crippen molar-refractivity contribution in [1.29, 1.82) is 0 Å². The van der Waals surface area contributed by atoms with E-state index in [4.69, 9.17) is 0 Å². The van der Waals surface area contributed by atoms with Crippen molar-refractivity contribution >= 4 is 11.3 Å². The van der Waals surface area contributed by atoms with E-state index < -0.39 is 18.9 Å². The van der Waals surface area contributed by atoms with Crippen LogP contribution in [0.15, 0.2) is 18.5 Å². The summed E-state index contributed by atoms with van der Waals surface area (Å²) in [5.74, 6) is -4.00. The topological polar surface area (TPSA) is 42.2 Å². The molecule has 2 heterocycles. The number of aryl methyl sites for hydroxylation is 1. The molecule has 2 aromatic heterocycles. The van der Waals surface area contributed by atoms with Gasteiger partial charge in [-0.2, -0.15) is 13.9 Å². The summed E-state index contributed by atoms with van der Waals surface area (Å²) < 4.78 is 51.0. The lowest BCUT2D eigenvalue weighted by molar-refractivity contribution is -0.117. The molecule has 8 heteroatoms. The van der Waals surface area contributed by atoms with Crippen molar-refractivity contribution in [2.75, 3.05) is 11.9 Å². The minimum absolute atomic E-state index is 0.0958. The first-order chi connectivity index (χ1) is 8.40. The van der Waals surface area contributed by atoms with Gasteiger partial charge in [0.2, 0.25) is 0 Å². The van der Waals surface area contributed by atoms with Crippen LogP contribution in [0.1, 0.15) is 5.69 Å². The van der Waals surface area contributed by atoms with Crippen LogP contribution in [0, 0.1) is 6.92 Å². The molecule has 0 amide bonds. The SMILES string of the molecule is Cc1cc2c(NCC(F)(F)C(F)F)nccn2n1. The minimum Gasteiger partial charge on any atom is -0.362 e. The molecule has 0 aliphatic rings. The summed E-state index contributed by atoms with van der Waals surface area (Å²) >= 11 is 0. The van der Waals surface area contributed by atoms with Crippen LogP contribution in [0.5, 0.6) is 0 Å². The van der Waals surface area contributed by atoms with Crippen molar-refractivity contribution < 1.29 is 17.6 Å². The monoisotopic (exact) mass is 262 g/mol. The van der Waals surface area contributed by atoms with Crippen LogP contribution in [0.25, 0.3) is 5.52 Å². The Kier molecular flexibility index (Phi) is 3.10. The van der Waals surface area contributed by atoms with E-state index in [0.29, 0.717) is 11.2 Å². The van der Waals surface area contributed by atoms with Gasteiger partial charge in [-0.3, -0.25) is 0 Å². The highest BCUT2D eigenvalue weighted by molar-refractivity contribution is 5.67. The Morgan fingerprint density at radius 3 is 2.83 bits per heavy atom. The zero-order valence-corrected chi connectivity index (χ0v) is 9.37. The lowest BCUT2D eigenvalue weighted by Gasteiger charge is -2.16. The molecule has 0 unspecified atom stereocenters. The van der Waals surface area contributed by atoms with E-state index in [1.165, 1.54) is 10.7 Å². The minimum atomic E-state index is -4.09. The van der Waals surface area contributed by atoms with Crippen LogP contribution in [0.2, 0.25) is 0 Å². The number of halogens is 4. The highest BCUT2D eigenvalue weighted by atomic mass is 19.3. The molecule has 0 spiro atoms. The van der Waals surface area contributed by atoms with E-state index >= 15 is 0 Å². The van der Waals surface area contributed by atoms with Gasteiger partial charge < -0.3 is 5.32 Å². The van der Waals surface area contributed by atoms with E-state index in [9.17, 15) is 17.6 Å². The Hall–Kier alpha value is -1.86. The molecule has 0 fully saturated rings. The van der Waals surface area contributed by atoms with Crippen molar-refractivity contribution in [3.05, 3.63) is 24.2 Å². The van der Waals surface area contributed by atoms with E-state index in [1.807, 2.05) is 0 Å². The summed E-state index contributed by atoms with van der Waals surface area (Å²) in [6.07, 6.45) is -0.822. The van der Waals surface area contributed by atoms with Crippen LogP contribution >= 0.6 is 0 Å². The molecule has 4 nitrogen and oxygen atoms in total. The molecule has 1 N–H and O–H groups in total. The quantitative estimate of drug-likeness (QED) is 0.860. The summed E-state index contributed by atoms with van der Waals surface area (Å²) in [4.78, 5) is 3.83. The Balaban J connectivity index is 2.22. The van der Waals surface area contributed by atoms with Crippen molar-refractivity contribution in [2.24, 2.45) is 0 Å². The maximum absolute atomic E-state index is 12.8. The summed E-state index contributed by atoms with van der Waals surface area (Å²) in [7, 11) is 0. The fraction of sp³-hybridized carbons (Fsp3) is 0.400. The first kappa shape index (κ1) is 12.6. The molecular formula is C10H10F4N4. The van der Waals surface area contributed by atoms with Crippen LogP contribution in [-0.4, -0.2) is 33.5 Å². The van der Waals surface area contributed by atoms with E-state index in [2.05, 4.69) is 15.4 Å². The second-order valence-electron chi connectivity index (χ2n) is 3.81. The lowest BCUT2D eigenvalue weighted by Crippen LogP contribution is -2.35. The summed E-state index contributed by atoms with van der Waals surface area (Å²) in [5, 5.41) is 6.28. The molecular weight excluding hydrogens is 252 g/mol. The third kappa shape index (κ3) is 2.36. The summed E-state index contributed by atoms with van der Waals surface area (Å²) in [6.45, 7) is 0.548. The molecule has 0 aromatic carbocycles. The molecule has 18 heavy (non-hydrogen) atoms. The zero-order chi connectivity index (χ0) is 13.3. The van der Waals surface area contributed by atoms with Gasteiger partial charge in [0.15, 0.2) is 5.82 Å². The fourth-order valence-corrected chi connectivity index (χ4v) is 1.46. The number of aromatic nitrogens is 3. The van der Waals surface area contributed by atoms with Gasteiger partial charge in [-0.15, -0.1) is 0 Å². The second-order valence-corrected chi connectivity index (χ2v) is 3.81. The maximum atomic E-state index is 12.8. The molecule has 2 rings (SSSR count). The highest BCUT2D eigenvalue weighted by Gasteiger charge is 2.40. The van der Waals surface area contributed by atoms with Gasteiger partial charge in [-0.05, 0) is 13.0 Å². The number of nitrogens with one attached hydrogen (secondary N) is 1. The van der Waals surface area contributed by atoms with E-state index in [-0.39, 0.29) is 5.82 Å². The fourth-order valence-electron chi connectivity index (χ4n) is 1.46. The lowest BCUT2D eigenvalue weighted by atomic mass is 10.3. The number of fused-ring (bicyclic) bond motifs is 1. The van der Waals surface area contributed by atoms with E-state index in [0.717, 1.165) is 0 Å². The molecule has 0 atom stereocenters. The Morgan fingerprint density at radius 1 is 1.44 bits per heavy atom. The van der Waals surface area contributed by atoms with Gasteiger partial charge in [0.1, 0.15) is 5.52 Å². The Labute approximate surface area is 99.6 Å². The number of alkyl halides is 4. The normalized spacial score (nSPS) is 12.3. The third-order valence-electron chi connectivity index (χ3n) is 2.32. The maximum Gasteiger partial charge on any atom is 0.324 e. The predicted octanol–water partition coefficient (Wildman–Crippen LogP) is 2.35.